The third-order valence-electron chi connectivity index (χ3n) is 3.17. The molecule has 1 aromatic heterocycles. The summed E-state index contributed by atoms with van der Waals surface area (Å²) in [5.41, 5.74) is 0.797. The molecule has 1 amide bonds. The number of carbonyl (C=O) groups is 1. The van der Waals surface area contributed by atoms with Crippen molar-refractivity contribution in [3.8, 4) is 5.88 Å². The lowest BCUT2D eigenvalue weighted by atomic mass is 10.1. The fourth-order valence-corrected chi connectivity index (χ4v) is 2.03. The van der Waals surface area contributed by atoms with Gasteiger partial charge in [0.2, 0.25) is 11.8 Å². The minimum Gasteiger partial charge on any atom is -0.481 e. The zero-order valence-electron chi connectivity index (χ0n) is 11.2. The van der Waals surface area contributed by atoms with Crippen LogP contribution in [0.15, 0.2) is 18.3 Å². The van der Waals surface area contributed by atoms with E-state index < -0.39 is 18.4 Å². The van der Waals surface area contributed by atoms with Crippen LogP contribution in [-0.2, 0) is 11.3 Å². The van der Waals surface area contributed by atoms with Crippen molar-refractivity contribution in [2.75, 3.05) is 13.7 Å². The second-order valence-electron chi connectivity index (χ2n) is 4.74. The topological polar surface area (TPSA) is 63.2 Å². The van der Waals surface area contributed by atoms with Gasteiger partial charge in [-0.1, -0.05) is 6.07 Å². The molecule has 0 aliphatic carbocycles. The fourth-order valence-electron chi connectivity index (χ4n) is 2.03. The number of carbonyl (C=O) groups excluding carboxylic acids is 1. The summed E-state index contributed by atoms with van der Waals surface area (Å²) in [6, 6.07) is 2.55. The van der Waals surface area contributed by atoms with Crippen LogP contribution in [0.4, 0.5) is 8.78 Å². The summed E-state index contributed by atoms with van der Waals surface area (Å²) < 4.78 is 31.8. The van der Waals surface area contributed by atoms with E-state index in [-0.39, 0.29) is 18.9 Å². The lowest BCUT2D eigenvalue weighted by Gasteiger charge is -2.19. The van der Waals surface area contributed by atoms with E-state index >= 15 is 0 Å². The lowest BCUT2D eigenvalue weighted by molar-refractivity contribution is -0.124. The van der Waals surface area contributed by atoms with Crippen molar-refractivity contribution in [3.63, 3.8) is 0 Å². The number of nitrogens with one attached hydrogen (secondary N) is 2. The average Bonchev–Trinajstić information content (AvgIpc) is 2.55. The Kier molecular flexibility index (Phi) is 4.49. The molecule has 5 nitrogen and oxygen atoms in total. The molecule has 110 valence electrons. The summed E-state index contributed by atoms with van der Waals surface area (Å²) in [5.74, 6) is -2.73. The Morgan fingerprint density at radius 3 is 3.00 bits per heavy atom. The molecule has 2 heterocycles. The number of methoxy groups -OCH3 is 1. The number of ether oxygens (including phenoxy) is 1. The van der Waals surface area contributed by atoms with Crippen LogP contribution in [0.2, 0.25) is 0 Å². The molecule has 1 aromatic rings. The maximum absolute atomic E-state index is 13.5. The van der Waals surface area contributed by atoms with Crippen molar-refractivity contribution in [3.05, 3.63) is 23.9 Å². The van der Waals surface area contributed by atoms with Gasteiger partial charge in [-0.15, -0.1) is 0 Å². The number of rotatable bonds is 4. The number of halogens is 2. The highest BCUT2D eigenvalue weighted by atomic mass is 19.3. The summed E-state index contributed by atoms with van der Waals surface area (Å²) in [4.78, 5) is 15.7. The number of hydrogen-bond donors (Lipinski definition) is 2. The molecule has 0 radical (unpaired) electrons. The van der Waals surface area contributed by atoms with Gasteiger partial charge in [0.15, 0.2) is 0 Å². The Balaban J connectivity index is 1.95. The molecule has 1 atom stereocenters. The third kappa shape index (κ3) is 3.86. The molecule has 0 saturated carbocycles. The molecular weight excluding hydrogens is 268 g/mol. The molecule has 0 unspecified atom stereocenters. The standard InChI is InChI=1S/C13H17F2N3O2/c1-20-11-3-2-9(8-18-11)7-17-10-6-13(14,15)4-5-16-12(10)19/h2-3,8,10,17H,4-7H2,1H3,(H,16,19)/t10-/m1/s1. The van der Waals surface area contributed by atoms with Crippen LogP contribution < -0.4 is 15.4 Å². The zero-order valence-corrected chi connectivity index (χ0v) is 11.2. The second kappa shape index (κ2) is 6.13. The van der Waals surface area contributed by atoms with Crippen LogP contribution in [-0.4, -0.2) is 36.5 Å². The molecule has 1 aliphatic heterocycles. The van der Waals surface area contributed by atoms with Gasteiger partial charge in [-0.3, -0.25) is 4.79 Å². The molecule has 1 saturated heterocycles. The fraction of sp³-hybridized carbons (Fsp3) is 0.538. The predicted octanol–water partition coefficient (Wildman–Crippen LogP) is 1.09. The highest BCUT2D eigenvalue weighted by molar-refractivity contribution is 5.82. The van der Waals surface area contributed by atoms with Crippen LogP contribution >= 0.6 is 0 Å². The Bertz CT molecular complexity index is 465. The van der Waals surface area contributed by atoms with Crippen LogP contribution in [0.1, 0.15) is 18.4 Å². The Morgan fingerprint density at radius 1 is 1.55 bits per heavy atom. The number of nitrogens with zero attached hydrogens (tertiary/aromatic N) is 1. The van der Waals surface area contributed by atoms with Gasteiger partial charge < -0.3 is 15.4 Å². The van der Waals surface area contributed by atoms with Crippen LogP contribution in [0.25, 0.3) is 0 Å². The largest absolute Gasteiger partial charge is 0.481 e. The van der Waals surface area contributed by atoms with Crippen LogP contribution in [0.5, 0.6) is 5.88 Å². The van der Waals surface area contributed by atoms with E-state index in [4.69, 9.17) is 4.74 Å². The van der Waals surface area contributed by atoms with Crippen molar-refractivity contribution in [2.24, 2.45) is 0 Å². The quantitative estimate of drug-likeness (QED) is 0.869. The summed E-state index contributed by atoms with van der Waals surface area (Å²) in [7, 11) is 1.51. The molecule has 20 heavy (non-hydrogen) atoms. The second-order valence-corrected chi connectivity index (χ2v) is 4.74. The van der Waals surface area contributed by atoms with Gasteiger partial charge in [0.25, 0.3) is 5.92 Å². The van der Waals surface area contributed by atoms with Crippen LogP contribution in [0.3, 0.4) is 0 Å². The monoisotopic (exact) mass is 285 g/mol. The summed E-state index contributed by atoms with van der Waals surface area (Å²) in [6.45, 7) is 0.305. The van der Waals surface area contributed by atoms with Gasteiger partial charge in [0.1, 0.15) is 0 Å². The van der Waals surface area contributed by atoms with Gasteiger partial charge in [0, 0.05) is 38.2 Å². The Hall–Kier alpha value is -1.76. The molecular formula is C13H17F2N3O2. The molecule has 7 heteroatoms. The van der Waals surface area contributed by atoms with Crippen molar-refractivity contribution in [1.29, 1.82) is 0 Å². The number of alkyl halides is 2. The van der Waals surface area contributed by atoms with Gasteiger partial charge in [0.05, 0.1) is 13.2 Å². The molecule has 0 bridgehead atoms. The minimum absolute atomic E-state index is 0.00804. The summed E-state index contributed by atoms with van der Waals surface area (Å²) in [6.07, 6.45) is 0.780. The first kappa shape index (κ1) is 14.6. The molecule has 1 fully saturated rings. The first-order valence-electron chi connectivity index (χ1n) is 6.38. The number of hydrogen-bond acceptors (Lipinski definition) is 4. The zero-order chi connectivity index (χ0) is 14.6. The van der Waals surface area contributed by atoms with E-state index in [1.165, 1.54) is 7.11 Å². The summed E-state index contributed by atoms with van der Waals surface area (Å²) in [5, 5.41) is 5.34. The van der Waals surface area contributed by atoms with Gasteiger partial charge in [-0.25, -0.2) is 13.8 Å². The highest BCUT2D eigenvalue weighted by Crippen LogP contribution is 2.26. The molecule has 2 rings (SSSR count). The Morgan fingerprint density at radius 2 is 2.35 bits per heavy atom. The number of aromatic nitrogens is 1. The lowest BCUT2D eigenvalue weighted by Crippen LogP contribution is -2.43. The number of amides is 1. The predicted molar refractivity (Wildman–Crippen MR) is 68.6 cm³/mol. The maximum atomic E-state index is 13.5. The van der Waals surface area contributed by atoms with E-state index in [0.717, 1.165) is 5.56 Å². The van der Waals surface area contributed by atoms with E-state index in [1.807, 2.05) is 0 Å². The van der Waals surface area contributed by atoms with Crippen molar-refractivity contribution >= 4 is 5.91 Å². The SMILES string of the molecule is COc1ccc(CN[C@@H]2CC(F)(F)CCNC2=O)cn1. The Labute approximate surface area is 115 Å². The van der Waals surface area contributed by atoms with E-state index in [9.17, 15) is 13.6 Å². The van der Waals surface area contributed by atoms with E-state index in [0.29, 0.717) is 12.4 Å². The highest BCUT2D eigenvalue weighted by Gasteiger charge is 2.37. The van der Waals surface area contributed by atoms with Crippen LogP contribution in [0, 0.1) is 0 Å². The smallest absolute Gasteiger partial charge is 0.251 e. The average molecular weight is 285 g/mol. The molecule has 2 N–H and O–H groups in total. The third-order valence-corrected chi connectivity index (χ3v) is 3.17. The maximum Gasteiger partial charge on any atom is 0.251 e. The van der Waals surface area contributed by atoms with Gasteiger partial charge in [-0.2, -0.15) is 0 Å². The first-order valence-corrected chi connectivity index (χ1v) is 6.38. The van der Waals surface area contributed by atoms with Crippen molar-refractivity contribution < 1.29 is 18.3 Å². The van der Waals surface area contributed by atoms with E-state index in [1.54, 1.807) is 18.3 Å². The molecule has 0 aromatic carbocycles. The minimum atomic E-state index is -2.82. The van der Waals surface area contributed by atoms with E-state index in [2.05, 4.69) is 15.6 Å². The van der Waals surface area contributed by atoms with Gasteiger partial charge >= 0.3 is 0 Å². The van der Waals surface area contributed by atoms with Crippen molar-refractivity contribution in [1.82, 2.24) is 15.6 Å². The first-order chi connectivity index (χ1) is 9.50. The normalized spacial score (nSPS) is 21.9. The number of pyridine rings is 1. The van der Waals surface area contributed by atoms with Gasteiger partial charge in [-0.05, 0) is 5.56 Å². The van der Waals surface area contributed by atoms with Crippen molar-refractivity contribution in [2.45, 2.75) is 31.4 Å². The summed E-state index contributed by atoms with van der Waals surface area (Å²) >= 11 is 0. The molecule has 1 aliphatic rings. The molecule has 0 spiro atoms.